The number of hydrogen-bond donors (Lipinski definition) is 2. The van der Waals surface area contributed by atoms with Gasteiger partial charge in [0.2, 0.25) is 5.13 Å². The van der Waals surface area contributed by atoms with Crippen LogP contribution in [0, 0.1) is 6.92 Å². The lowest BCUT2D eigenvalue weighted by molar-refractivity contribution is -0.137. The van der Waals surface area contributed by atoms with E-state index in [0.717, 1.165) is 43.2 Å². The van der Waals surface area contributed by atoms with Crippen molar-refractivity contribution in [2.45, 2.75) is 39.0 Å². The first-order valence-electron chi connectivity index (χ1n) is 5.44. The van der Waals surface area contributed by atoms with Gasteiger partial charge in [0.25, 0.3) is 0 Å². The van der Waals surface area contributed by atoms with Crippen molar-refractivity contribution in [3.05, 3.63) is 5.82 Å². The molecule has 0 amide bonds. The molecule has 0 unspecified atom stereocenters. The van der Waals surface area contributed by atoms with Crippen LogP contribution in [-0.2, 0) is 4.79 Å². The molecule has 0 bridgehead atoms. The van der Waals surface area contributed by atoms with Gasteiger partial charge in [0.05, 0.1) is 0 Å². The van der Waals surface area contributed by atoms with E-state index in [1.807, 2.05) is 6.92 Å². The van der Waals surface area contributed by atoms with Gasteiger partial charge in [-0.05, 0) is 19.8 Å². The van der Waals surface area contributed by atoms with Gasteiger partial charge in [-0.25, -0.2) is 4.98 Å². The van der Waals surface area contributed by atoms with Crippen LogP contribution >= 0.6 is 11.5 Å². The summed E-state index contributed by atoms with van der Waals surface area (Å²) in [6.07, 6.45) is 4.12. The number of nitrogens with one attached hydrogen (secondary N) is 1. The number of unbranched alkanes of at least 4 members (excludes halogenated alkanes) is 3. The van der Waals surface area contributed by atoms with Gasteiger partial charge in [0.1, 0.15) is 5.82 Å². The molecular weight excluding hydrogens is 226 g/mol. The molecule has 6 heteroatoms. The molecule has 0 aliphatic heterocycles. The van der Waals surface area contributed by atoms with E-state index in [4.69, 9.17) is 5.11 Å². The van der Waals surface area contributed by atoms with E-state index in [2.05, 4.69) is 14.7 Å². The third kappa shape index (κ3) is 5.65. The topological polar surface area (TPSA) is 75.1 Å². The van der Waals surface area contributed by atoms with E-state index in [9.17, 15) is 4.79 Å². The monoisotopic (exact) mass is 243 g/mol. The number of nitrogens with zero attached hydrogens (tertiary/aromatic N) is 2. The molecule has 0 aromatic carbocycles. The number of carboxylic acids is 1. The van der Waals surface area contributed by atoms with E-state index in [0.29, 0.717) is 0 Å². The Labute approximate surface area is 99.1 Å². The second-order valence-corrected chi connectivity index (χ2v) is 4.38. The predicted molar refractivity (Wildman–Crippen MR) is 63.9 cm³/mol. The van der Waals surface area contributed by atoms with Crippen LogP contribution in [0.25, 0.3) is 0 Å². The molecule has 0 saturated carbocycles. The summed E-state index contributed by atoms with van der Waals surface area (Å²) in [5, 5.41) is 12.5. The average molecular weight is 243 g/mol. The molecule has 5 nitrogen and oxygen atoms in total. The first-order chi connectivity index (χ1) is 7.68. The van der Waals surface area contributed by atoms with E-state index in [1.54, 1.807) is 0 Å². The van der Waals surface area contributed by atoms with Crippen LogP contribution in [0.5, 0.6) is 0 Å². The van der Waals surface area contributed by atoms with Crippen molar-refractivity contribution in [1.29, 1.82) is 0 Å². The fourth-order valence-corrected chi connectivity index (χ4v) is 1.92. The summed E-state index contributed by atoms with van der Waals surface area (Å²) >= 11 is 1.37. The molecular formula is C10H17N3O2S. The van der Waals surface area contributed by atoms with Crippen molar-refractivity contribution < 1.29 is 9.90 Å². The lowest BCUT2D eigenvalue weighted by atomic mass is 10.1. The first kappa shape index (κ1) is 12.9. The number of carbonyl (C=O) groups is 1. The predicted octanol–water partition coefficient (Wildman–Crippen LogP) is 2.29. The van der Waals surface area contributed by atoms with Crippen LogP contribution in [0.4, 0.5) is 5.13 Å². The molecule has 0 atom stereocenters. The fraction of sp³-hybridized carbons (Fsp3) is 0.700. The molecule has 1 aromatic rings. The van der Waals surface area contributed by atoms with Crippen LogP contribution in [0.15, 0.2) is 0 Å². The number of aryl methyl sites for hydroxylation is 1. The highest BCUT2D eigenvalue weighted by Crippen LogP contribution is 2.10. The number of aliphatic carboxylic acids is 1. The molecule has 0 spiro atoms. The molecule has 16 heavy (non-hydrogen) atoms. The molecule has 1 heterocycles. The number of rotatable bonds is 8. The Morgan fingerprint density at radius 3 is 2.75 bits per heavy atom. The van der Waals surface area contributed by atoms with Gasteiger partial charge in [0, 0.05) is 24.5 Å². The van der Waals surface area contributed by atoms with Gasteiger partial charge in [-0.2, -0.15) is 4.37 Å². The van der Waals surface area contributed by atoms with Gasteiger partial charge in [-0.15, -0.1) is 0 Å². The standard InChI is InChI=1S/C10H17N3O2S/c1-8-12-10(16-13-8)11-7-5-3-2-4-6-9(14)15/h2-7H2,1H3,(H,14,15)(H,11,12,13). The zero-order valence-corrected chi connectivity index (χ0v) is 10.2. The molecule has 0 saturated heterocycles. The lowest BCUT2D eigenvalue weighted by Crippen LogP contribution is -2.01. The van der Waals surface area contributed by atoms with Gasteiger partial charge in [0.15, 0.2) is 0 Å². The second kappa shape index (κ2) is 7.16. The third-order valence-electron chi connectivity index (χ3n) is 2.12. The molecule has 0 fully saturated rings. The van der Waals surface area contributed by atoms with Crippen LogP contribution < -0.4 is 5.32 Å². The maximum atomic E-state index is 10.2. The van der Waals surface area contributed by atoms with E-state index in [1.165, 1.54) is 11.5 Å². The Balaban J connectivity index is 1.94. The van der Waals surface area contributed by atoms with Crippen molar-refractivity contribution in [1.82, 2.24) is 9.36 Å². The zero-order chi connectivity index (χ0) is 11.8. The van der Waals surface area contributed by atoms with Gasteiger partial charge >= 0.3 is 5.97 Å². The summed E-state index contributed by atoms with van der Waals surface area (Å²) in [6.45, 7) is 2.75. The minimum atomic E-state index is -0.706. The summed E-state index contributed by atoms with van der Waals surface area (Å²) in [5.74, 6) is 0.0939. The lowest BCUT2D eigenvalue weighted by Gasteiger charge is -2.01. The van der Waals surface area contributed by atoms with Crippen LogP contribution in [0.3, 0.4) is 0 Å². The number of hydrogen-bond acceptors (Lipinski definition) is 5. The Bertz CT molecular complexity index is 328. The molecule has 90 valence electrons. The molecule has 1 rings (SSSR count). The van der Waals surface area contributed by atoms with Crippen molar-refractivity contribution in [3.63, 3.8) is 0 Å². The highest BCUT2D eigenvalue weighted by Gasteiger charge is 1.99. The molecule has 1 aromatic heterocycles. The van der Waals surface area contributed by atoms with Crippen LogP contribution in [0.2, 0.25) is 0 Å². The van der Waals surface area contributed by atoms with Crippen molar-refractivity contribution >= 4 is 22.6 Å². The number of aromatic nitrogens is 2. The summed E-state index contributed by atoms with van der Waals surface area (Å²) < 4.78 is 4.07. The summed E-state index contributed by atoms with van der Waals surface area (Å²) in [4.78, 5) is 14.4. The van der Waals surface area contributed by atoms with Crippen molar-refractivity contribution in [3.8, 4) is 0 Å². The number of anilines is 1. The Hall–Kier alpha value is -1.17. The number of carboxylic acid groups (broad SMARTS) is 1. The highest BCUT2D eigenvalue weighted by atomic mass is 32.1. The smallest absolute Gasteiger partial charge is 0.303 e. The summed E-state index contributed by atoms with van der Waals surface area (Å²) in [6, 6.07) is 0. The second-order valence-electron chi connectivity index (χ2n) is 3.63. The maximum absolute atomic E-state index is 10.2. The Morgan fingerprint density at radius 1 is 1.38 bits per heavy atom. The minimum Gasteiger partial charge on any atom is -0.481 e. The van der Waals surface area contributed by atoms with Gasteiger partial charge < -0.3 is 10.4 Å². The normalized spacial score (nSPS) is 10.3. The Morgan fingerprint density at radius 2 is 2.12 bits per heavy atom. The van der Waals surface area contributed by atoms with Gasteiger partial charge in [-0.1, -0.05) is 12.8 Å². The van der Waals surface area contributed by atoms with Crippen molar-refractivity contribution in [2.75, 3.05) is 11.9 Å². The van der Waals surface area contributed by atoms with Crippen LogP contribution in [-0.4, -0.2) is 27.0 Å². The van der Waals surface area contributed by atoms with Crippen molar-refractivity contribution in [2.24, 2.45) is 0 Å². The highest BCUT2D eigenvalue weighted by molar-refractivity contribution is 7.09. The summed E-state index contributed by atoms with van der Waals surface area (Å²) in [5.41, 5.74) is 0. The SMILES string of the molecule is Cc1nsc(NCCCCCCC(=O)O)n1. The minimum absolute atomic E-state index is 0.281. The zero-order valence-electron chi connectivity index (χ0n) is 9.40. The average Bonchev–Trinajstić information content (AvgIpc) is 2.62. The summed E-state index contributed by atoms with van der Waals surface area (Å²) in [7, 11) is 0. The fourth-order valence-electron chi connectivity index (χ4n) is 1.32. The maximum Gasteiger partial charge on any atom is 0.303 e. The molecule has 0 aliphatic rings. The van der Waals surface area contributed by atoms with E-state index >= 15 is 0 Å². The molecule has 0 radical (unpaired) electrons. The van der Waals surface area contributed by atoms with Gasteiger partial charge in [-0.3, -0.25) is 4.79 Å². The first-order valence-corrected chi connectivity index (χ1v) is 6.22. The molecule has 0 aliphatic carbocycles. The Kier molecular flexibility index (Phi) is 5.77. The molecule has 2 N–H and O–H groups in total. The third-order valence-corrected chi connectivity index (χ3v) is 2.89. The van der Waals surface area contributed by atoms with E-state index < -0.39 is 5.97 Å². The van der Waals surface area contributed by atoms with Crippen LogP contribution in [0.1, 0.15) is 37.9 Å². The largest absolute Gasteiger partial charge is 0.481 e. The van der Waals surface area contributed by atoms with E-state index in [-0.39, 0.29) is 6.42 Å². The quantitative estimate of drug-likeness (QED) is 0.685.